The number of benzene rings is 8. The summed E-state index contributed by atoms with van der Waals surface area (Å²) in [6.45, 7) is 0. The molecule has 0 aliphatic rings. The van der Waals surface area contributed by atoms with E-state index in [1.54, 1.807) is 0 Å². The summed E-state index contributed by atoms with van der Waals surface area (Å²) in [6.07, 6.45) is 0. The molecule has 0 saturated carbocycles. The van der Waals surface area contributed by atoms with E-state index < -0.39 is 0 Å². The van der Waals surface area contributed by atoms with E-state index >= 15 is 0 Å². The molecule has 5 nitrogen and oxygen atoms in total. The SMILES string of the molecule is c1ccc(-c2ccc(-c3cc(-c4ccc5oc6c(-c7nc(-c8ccccc8)nc(-c8ccccc8)n7)cccc6c5c4)cc4oc5ccccc5c34)cc2)cc1. The summed E-state index contributed by atoms with van der Waals surface area (Å²) in [5.74, 6) is 1.77. The number of para-hydroxylation sites is 2. The van der Waals surface area contributed by atoms with Crippen LogP contribution in [-0.2, 0) is 0 Å². The highest BCUT2D eigenvalue weighted by molar-refractivity contribution is 6.14. The van der Waals surface area contributed by atoms with Gasteiger partial charge in [0.25, 0.3) is 0 Å². The van der Waals surface area contributed by atoms with E-state index in [9.17, 15) is 0 Å². The third-order valence-corrected chi connectivity index (χ3v) is 10.6. The Morgan fingerprint density at radius 2 is 0.839 bits per heavy atom. The Hall–Kier alpha value is -7.63. The summed E-state index contributed by atoms with van der Waals surface area (Å²) in [6, 6.07) is 64.6. The zero-order valence-electron chi connectivity index (χ0n) is 30.1. The minimum atomic E-state index is 0.556. The Labute approximate surface area is 322 Å². The van der Waals surface area contributed by atoms with Crippen LogP contribution in [0, 0.1) is 0 Å². The van der Waals surface area contributed by atoms with Crippen molar-refractivity contribution in [1.82, 2.24) is 15.0 Å². The molecular formula is C51H31N3O2. The first-order valence-corrected chi connectivity index (χ1v) is 18.7. The van der Waals surface area contributed by atoms with Crippen LogP contribution in [0.2, 0.25) is 0 Å². The number of furan rings is 2. The number of hydrogen-bond donors (Lipinski definition) is 0. The average molecular weight is 718 g/mol. The van der Waals surface area contributed by atoms with Crippen molar-refractivity contribution in [2.45, 2.75) is 0 Å². The topological polar surface area (TPSA) is 65.0 Å². The first kappa shape index (κ1) is 31.9. The van der Waals surface area contributed by atoms with Crippen LogP contribution in [0.15, 0.2) is 197 Å². The van der Waals surface area contributed by atoms with Crippen LogP contribution < -0.4 is 0 Å². The molecule has 8 aromatic carbocycles. The van der Waals surface area contributed by atoms with Crippen molar-refractivity contribution in [2.24, 2.45) is 0 Å². The van der Waals surface area contributed by atoms with Gasteiger partial charge in [-0.3, -0.25) is 0 Å². The van der Waals surface area contributed by atoms with E-state index in [-0.39, 0.29) is 0 Å². The van der Waals surface area contributed by atoms with E-state index in [0.717, 1.165) is 82.8 Å². The molecular weight excluding hydrogens is 687 g/mol. The molecule has 262 valence electrons. The van der Waals surface area contributed by atoms with Crippen LogP contribution in [0.4, 0.5) is 0 Å². The predicted octanol–water partition coefficient (Wildman–Crippen LogP) is 13.7. The van der Waals surface area contributed by atoms with Gasteiger partial charge >= 0.3 is 0 Å². The lowest BCUT2D eigenvalue weighted by molar-refractivity contribution is 0.669. The van der Waals surface area contributed by atoms with Crippen molar-refractivity contribution >= 4 is 43.9 Å². The maximum atomic E-state index is 6.65. The molecule has 5 heteroatoms. The second-order valence-electron chi connectivity index (χ2n) is 14.0. The van der Waals surface area contributed by atoms with Crippen molar-refractivity contribution in [2.75, 3.05) is 0 Å². The molecule has 0 radical (unpaired) electrons. The Kier molecular flexibility index (Phi) is 7.42. The highest BCUT2D eigenvalue weighted by atomic mass is 16.3. The van der Waals surface area contributed by atoms with Gasteiger partial charge in [0, 0.05) is 32.7 Å². The fraction of sp³-hybridized carbons (Fsp3) is 0. The summed E-state index contributed by atoms with van der Waals surface area (Å²) < 4.78 is 13.2. The highest BCUT2D eigenvalue weighted by Gasteiger charge is 2.20. The minimum absolute atomic E-state index is 0.556. The average Bonchev–Trinajstić information content (AvgIpc) is 3.85. The van der Waals surface area contributed by atoms with Gasteiger partial charge in [0.2, 0.25) is 0 Å². The molecule has 56 heavy (non-hydrogen) atoms. The van der Waals surface area contributed by atoms with Crippen molar-refractivity contribution in [3.8, 4) is 67.5 Å². The summed E-state index contributed by atoms with van der Waals surface area (Å²) in [4.78, 5) is 14.9. The van der Waals surface area contributed by atoms with Crippen LogP contribution in [0.5, 0.6) is 0 Å². The van der Waals surface area contributed by atoms with Gasteiger partial charge in [-0.15, -0.1) is 0 Å². The molecule has 11 aromatic rings. The maximum absolute atomic E-state index is 6.65. The quantitative estimate of drug-likeness (QED) is 0.171. The van der Waals surface area contributed by atoms with Gasteiger partial charge in [-0.05, 0) is 69.8 Å². The molecule has 11 rings (SSSR count). The summed E-state index contributed by atoms with van der Waals surface area (Å²) in [5.41, 5.74) is 12.6. The van der Waals surface area contributed by atoms with Crippen molar-refractivity contribution in [1.29, 1.82) is 0 Å². The first-order chi connectivity index (χ1) is 27.7. The first-order valence-electron chi connectivity index (χ1n) is 18.7. The van der Waals surface area contributed by atoms with Gasteiger partial charge < -0.3 is 8.83 Å². The zero-order chi connectivity index (χ0) is 37.0. The molecule has 3 heterocycles. The molecule has 0 saturated heterocycles. The molecule has 0 atom stereocenters. The maximum Gasteiger partial charge on any atom is 0.167 e. The van der Waals surface area contributed by atoms with E-state index in [0.29, 0.717) is 17.5 Å². The van der Waals surface area contributed by atoms with Gasteiger partial charge in [-0.1, -0.05) is 152 Å². The second-order valence-corrected chi connectivity index (χ2v) is 14.0. The zero-order valence-corrected chi connectivity index (χ0v) is 30.1. The second kappa shape index (κ2) is 13.0. The van der Waals surface area contributed by atoms with E-state index in [1.807, 2.05) is 91.0 Å². The molecule has 0 bridgehead atoms. The third kappa shape index (κ3) is 5.45. The number of fused-ring (bicyclic) bond motifs is 6. The number of rotatable bonds is 6. The Morgan fingerprint density at radius 1 is 0.286 bits per heavy atom. The summed E-state index contributed by atoms with van der Waals surface area (Å²) >= 11 is 0. The van der Waals surface area contributed by atoms with Crippen LogP contribution in [-0.4, -0.2) is 15.0 Å². The van der Waals surface area contributed by atoms with Crippen molar-refractivity contribution < 1.29 is 8.83 Å². The number of aromatic nitrogens is 3. The van der Waals surface area contributed by atoms with Crippen LogP contribution >= 0.6 is 0 Å². The van der Waals surface area contributed by atoms with Crippen molar-refractivity contribution in [3.05, 3.63) is 188 Å². The fourth-order valence-corrected chi connectivity index (χ4v) is 7.80. The molecule has 3 aromatic heterocycles. The lowest BCUT2D eigenvalue weighted by atomic mass is 9.93. The molecule has 0 spiro atoms. The molecule has 0 aliphatic carbocycles. The van der Waals surface area contributed by atoms with Crippen LogP contribution in [0.3, 0.4) is 0 Å². The molecule has 0 fully saturated rings. The predicted molar refractivity (Wildman–Crippen MR) is 227 cm³/mol. The summed E-state index contributed by atoms with van der Waals surface area (Å²) in [7, 11) is 0. The molecule has 0 amide bonds. The van der Waals surface area contributed by atoms with Crippen molar-refractivity contribution in [3.63, 3.8) is 0 Å². The Balaban J connectivity index is 1.06. The van der Waals surface area contributed by atoms with E-state index in [4.69, 9.17) is 23.8 Å². The van der Waals surface area contributed by atoms with Gasteiger partial charge in [-0.2, -0.15) is 0 Å². The largest absolute Gasteiger partial charge is 0.456 e. The molecule has 0 N–H and O–H groups in total. The normalized spacial score (nSPS) is 11.6. The summed E-state index contributed by atoms with van der Waals surface area (Å²) in [5, 5.41) is 4.21. The molecule has 0 unspecified atom stereocenters. The van der Waals surface area contributed by atoms with E-state index in [1.165, 1.54) is 11.1 Å². The smallest absolute Gasteiger partial charge is 0.167 e. The third-order valence-electron chi connectivity index (χ3n) is 10.6. The highest BCUT2D eigenvalue weighted by Crippen LogP contribution is 2.42. The van der Waals surface area contributed by atoms with E-state index in [2.05, 4.69) is 97.1 Å². The number of nitrogens with zero attached hydrogens (tertiary/aromatic N) is 3. The lowest BCUT2D eigenvalue weighted by Gasteiger charge is -2.10. The van der Waals surface area contributed by atoms with Gasteiger partial charge in [0.15, 0.2) is 17.5 Å². The van der Waals surface area contributed by atoms with Gasteiger partial charge in [-0.25, -0.2) is 15.0 Å². The molecule has 0 aliphatic heterocycles. The Morgan fingerprint density at radius 3 is 1.55 bits per heavy atom. The lowest BCUT2D eigenvalue weighted by Crippen LogP contribution is -2.00. The van der Waals surface area contributed by atoms with Crippen LogP contribution in [0.1, 0.15) is 0 Å². The standard InChI is InChI=1S/C51H31N3O2/c1-4-13-32(14-5-1)33-23-25-34(26-24-33)42-30-38(31-46-47(42)40-19-10-11-22-44(40)55-46)37-27-28-45-43(29-37)39-20-12-21-41(48(39)56-45)51-53-49(35-15-6-2-7-16-35)52-50(54-51)36-17-8-3-9-18-36/h1-31H. The van der Waals surface area contributed by atoms with Gasteiger partial charge in [0.1, 0.15) is 22.3 Å². The minimum Gasteiger partial charge on any atom is -0.456 e. The number of hydrogen-bond acceptors (Lipinski definition) is 5. The Bertz CT molecular complexity index is 3170. The monoisotopic (exact) mass is 717 g/mol. The van der Waals surface area contributed by atoms with Gasteiger partial charge in [0.05, 0.1) is 5.56 Å². The van der Waals surface area contributed by atoms with Crippen LogP contribution in [0.25, 0.3) is 111 Å². The fourth-order valence-electron chi connectivity index (χ4n) is 7.80.